The van der Waals surface area contributed by atoms with Gasteiger partial charge in [0, 0.05) is 13.1 Å². The maximum absolute atomic E-state index is 11.8. The highest BCUT2D eigenvalue weighted by Crippen LogP contribution is 2.12. The number of unbranched alkanes of at least 4 members (excludes halogenated alkanes) is 1. The number of aliphatic hydroxyl groups excluding tert-OH is 1. The molecule has 1 saturated heterocycles. The lowest BCUT2D eigenvalue weighted by Crippen LogP contribution is -2.47. The molecule has 0 aliphatic carbocycles. The SMILES string of the molecule is CCCCC(N)C(=O)N1CCC(O)CC1. The lowest BCUT2D eigenvalue weighted by atomic mass is 10.1. The van der Waals surface area contributed by atoms with Crippen molar-refractivity contribution in [2.75, 3.05) is 13.1 Å². The summed E-state index contributed by atoms with van der Waals surface area (Å²) >= 11 is 0. The number of rotatable bonds is 4. The van der Waals surface area contributed by atoms with Gasteiger partial charge in [-0.3, -0.25) is 4.79 Å². The summed E-state index contributed by atoms with van der Waals surface area (Å²) in [6, 6.07) is -0.347. The Balaban J connectivity index is 2.32. The molecule has 0 saturated carbocycles. The van der Waals surface area contributed by atoms with Crippen molar-refractivity contribution < 1.29 is 9.90 Å². The summed E-state index contributed by atoms with van der Waals surface area (Å²) in [5, 5.41) is 9.32. The first kappa shape index (κ1) is 12.5. The standard InChI is InChI=1S/C11H22N2O2/c1-2-3-4-10(12)11(15)13-7-5-9(14)6-8-13/h9-10,14H,2-8,12H2,1H3. The minimum atomic E-state index is -0.347. The zero-order valence-electron chi connectivity index (χ0n) is 9.48. The molecule has 0 spiro atoms. The molecule has 0 radical (unpaired) electrons. The monoisotopic (exact) mass is 214 g/mol. The second-order valence-corrected chi connectivity index (χ2v) is 4.31. The van der Waals surface area contributed by atoms with Crippen molar-refractivity contribution in [1.29, 1.82) is 0 Å². The number of hydrogen-bond acceptors (Lipinski definition) is 3. The van der Waals surface area contributed by atoms with Gasteiger partial charge in [0.05, 0.1) is 12.1 Å². The van der Waals surface area contributed by atoms with Gasteiger partial charge in [-0.05, 0) is 19.3 Å². The molecule has 1 rings (SSSR count). The van der Waals surface area contributed by atoms with Crippen LogP contribution in [0.1, 0.15) is 39.0 Å². The van der Waals surface area contributed by atoms with E-state index < -0.39 is 0 Å². The van der Waals surface area contributed by atoms with Crippen LogP contribution in [-0.4, -0.2) is 41.1 Å². The highest BCUT2D eigenvalue weighted by atomic mass is 16.3. The number of piperidine rings is 1. The summed E-state index contributed by atoms with van der Waals surface area (Å²) in [4.78, 5) is 13.6. The smallest absolute Gasteiger partial charge is 0.239 e. The van der Waals surface area contributed by atoms with Gasteiger partial charge in [0.25, 0.3) is 0 Å². The lowest BCUT2D eigenvalue weighted by molar-refractivity contribution is -0.134. The van der Waals surface area contributed by atoms with Gasteiger partial charge in [-0.15, -0.1) is 0 Å². The van der Waals surface area contributed by atoms with Gasteiger partial charge in [-0.1, -0.05) is 19.8 Å². The van der Waals surface area contributed by atoms with E-state index in [0.29, 0.717) is 25.9 Å². The van der Waals surface area contributed by atoms with Crippen molar-refractivity contribution in [2.45, 2.75) is 51.2 Å². The molecule has 1 unspecified atom stereocenters. The quantitative estimate of drug-likeness (QED) is 0.715. The van der Waals surface area contributed by atoms with Crippen LogP contribution in [0, 0.1) is 0 Å². The largest absolute Gasteiger partial charge is 0.393 e. The second-order valence-electron chi connectivity index (χ2n) is 4.31. The van der Waals surface area contributed by atoms with E-state index in [1.807, 2.05) is 0 Å². The molecule has 1 atom stereocenters. The van der Waals surface area contributed by atoms with E-state index in [0.717, 1.165) is 19.3 Å². The Labute approximate surface area is 91.4 Å². The van der Waals surface area contributed by atoms with Crippen LogP contribution in [0.25, 0.3) is 0 Å². The minimum Gasteiger partial charge on any atom is -0.393 e. The van der Waals surface area contributed by atoms with Crippen LogP contribution in [0.3, 0.4) is 0 Å². The molecule has 88 valence electrons. The van der Waals surface area contributed by atoms with Crippen molar-refractivity contribution >= 4 is 5.91 Å². The Bertz CT molecular complexity index is 201. The zero-order valence-corrected chi connectivity index (χ0v) is 9.48. The van der Waals surface area contributed by atoms with Gasteiger partial charge in [-0.2, -0.15) is 0 Å². The van der Waals surface area contributed by atoms with E-state index in [2.05, 4.69) is 6.92 Å². The highest BCUT2D eigenvalue weighted by molar-refractivity contribution is 5.81. The van der Waals surface area contributed by atoms with Gasteiger partial charge in [-0.25, -0.2) is 0 Å². The Kier molecular flexibility index (Phi) is 5.05. The number of carbonyl (C=O) groups is 1. The normalized spacial score (nSPS) is 20.3. The van der Waals surface area contributed by atoms with E-state index in [4.69, 9.17) is 5.73 Å². The molecule has 4 heteroatoms. The van der Waals surface area contributed by atoms with Gasteiger partial charge in [0.2, 0.25) is 5.91 Å². The second kappa shape index (κ2) is 6.08. The molecule has 15 heavy (non-hydrogen) atoms. The summed E-state index contributed by atoms with van der Waals surface area (Å²) in [7, 11) is 0. The summed E-state index contributed by atoms with van der Waals surface area (Å²) in [5.74, 6) is 0.0513. The zero-order chi connectivity index (χ0) is 11.3. The summed E-state index contributed by atoms with van der Waals surface area (Å²) in [6.07, 6.45) is 3.98. The Morgan fingerprint density at radius 2 is 2.13 bits per heavy atom. The van der Waals surface area contributed by atoms with Crippen LogP contribution in [0.2, 0.25) is 0 Å². The molecule has 0 bridgehead atoms. The molecule has 0 aromatic carbocycles. The summed E-state index contributed by atoms with van der Waals surface area (Å²) < 4.78 is 0. The first-order valence-electron chi connectivity index (χ1n) is 5.87. The predicted molar refractivity (Wildman–Crippen MR) is 59.3 cm³/mol. The number of carbonyl (C=O) groups excluding carboxylic acids is 1. The van der Waals surface area contributed by atoms with Crippen LogP contribution in [0.15, 0.2) is 0 Å². The average Bonchev–Trinajstić information content (AvgIpc) is 2.26. The Morgan fingerprint density at radius 1 is 1.53 bits per heavy atom. The highest BCUT2D eigenvalue weighted by Gasteiger charge is 2.24. The third kappa shape index (κ3) is 3.80. The molecular weight excluding hydrogens is 192 g/mol. The molecule has 0 aromatic rings. The molecule has 1 amide bonds. The van der Waals surface area contributed by atoms with Crippen LogP contribution < -0.4 is 5.73 Å². The van der Waals surface area contributed by atoms with Crippen LogP contribution in [0.5, 0.6) is 0 Å². The third-order valence-corrected chi connectivity index (χ3v) is 2.96. The van der Waals surface area contributed by atoms with Gasteiger partial charge < -0.3 is 15.7 Å². The van der Waals surface area contributed by atoms with Crippen molar-refractivity contribution in [3.63, 3.8) is 0 Å². The first-order valence-corrected chi connectivity index (χ1v) is 5.87. The molecule has 1 aliphatic rings. The fourth-order valence-electron chi connectivity index (χ4n) is 1.87. The third-order valence-electron chi connectivity index (χ3n) is 2.96. The van der Waals surface area contributed by atoms with E-state index in [9.17, 15) is 9.90 Å². The Hall–Kier alpha value is -0.610. The molecule has 1 fully saturated rings. The number of nitrogens with two attached hydrogens (primary N) is 1. The molecule has 1 aliphatic heterocycles. The maximum atomic E-state index is 11.8. The van der Waals surface area contributed by atoms with Gasteiger partial charge >= 0.3 is 0 Å². The van der Waals surface area contributed by atoms with E-state index in [1.54, 1.807) is 4.90 Å². The van der Waals surface area contributed by atoms with Gasteiger partial charge in [0.15, 0.2) is 0 Å². The number of aliphatic hydroxyl groups is 1. The topological polar surface area (TPSA) is 66.6 Å². The van der Waals surface area contributed by atoms with Crippen molar-refractivity contribution in [3.8, 4) is 0 Å². The minimum absolute atomic E-state index is 0.0513. The predicted octanol–water partition coefficient (Wildman–Crippen LogP) is 0.487. The fourth-order valence-corrected chi connectivity index (χ4v) is 1.87. The number of amides is 1. The van der Waals surface area contributed by atoms with Gasteiger partial charge in [0.1, 0.15) is 0 Å². The average molecular weight is 214 g/mol. The van der Waals surface area contributed by atoms with Crippen molar-refractivity contribution in [1.82, 2.24) is 4.90 Å². The molecule has 4 nitrogen and oxygen atoms in total. The van der Waals surface area contributed by atoms with Crippen LogP contribution in [-0.2, 0) is 4.79 Å². The fraction of sp³-hybridized carbons (Fsp3) is 0.909. The van der Waals surface area contributed by atoms with E-state index in [-0.39, 0.29) is 18.1 Å². The summed E-state index contributed by atoms with van der Waals surface area (Å²) in [5.41, 5.74) is 5.82. The number of hydrogen-bond donors (Lipinski definition) is 2. The Morgan fingerprint density at radius 3 is 2.67 bits per heavy atom. The van der Waals surface area contributed by atoms with E-state index in [1.165, 1.54) is 0 Å². The maximum Gasteiger partial charge on any atom is 0.239 e. The lowest BCUT2D eigenvalue weighted by Gasteiger charge is -2.31. The van der Waals surface area contributed by atoms with Crippen LogP contribution in [0.4, 0.5) is 0 Å². The van der Waals surface area contributed by atoms with Crippen molar-refractivity contribution in [3.05, 3.63) is 0 Å². The molecule has 3 N–H and O–H groups in total. The summed E-state index contributed by atoms with van der Waals surface area (Å²) in [6.45, 7) is 3.40. The molecule has 0 aromatic heterocycles. The molecular formula is C11H22N2O2. The van der Waals surface area contributed by atoms with E-state index >= 15 is 0 Å². The molecule has 1 heterocycles. The van der Waals surface area contributed by atoms with Crippen LogP contribution >= 0.6 is 0 Å². The van der Waals surface area contributed by atoms with Crippen molar-refractivity contribution in [2.24, 2.45) is 5.73 Å². The number of nitrogens with zero attached hydrogens (tertiary/aromatic N) is 1. The first-order chi connectivity index (χ1) is 7.15. The number of likely N-dealkylation sites (tertiary alicyclic amines) is 1.